The van der Waals surface area contributed by atoms with Crippen molar-refractivity contribution in [2.45, 2.75) is 63.6 Å². The zero-order valence-corrected chi connectivity index (χ0v) is 15.6. The molecule has 3 rings (SSSR count). The maximum Gasteiger partial charge on any atom is 0.170 e. The van der Waals surface area contributed by atoms with Crippen LogP contribution in [0.5, 0.6) is 5.75 Å². The molecule has 4 nitrogen and oxygen atoms in total. The van der Waals surface area contributed by atoms with E-state index in [1.54, 1.807) is 7.11 Å². The molecule has 0 aliphatic carbocycles. The monoisotopic (exact) mass is 347 g/mol. The highest BCUT2D eigenvalue weighted by Crippen LogP contribution is 2.34. The third kappa shape index (κ3) is 4.19. The Kier molecular flexibility index (Phi) is 5.95. The maximum atomic E-state index is 5.52. The van der Waals surface area contributed by atoms with Crippen LogP contribution in [-0.4, -0.2) is 41.8 Å². The van der Waals surface area contributed by atoms with E-state index in [1.165, 1.54) is 45.1 Å². The number of thiocarbonyl (C=S) groups is 1. The minimum atomic E-state index is 0.492. The molecule has 2 heterocycles. The molecule has 1 aromatic carbocycles. The largest absolute Gasteiger partial charge is 0.497 e. The van der Waals surface area contributed by atoms with Gasteiger partial charge < -0.3 is 15.4 Å². The molecular weight excluding hydrogens is 318 g/mol. The highest BCUT2D eigenvalue weighted by Gasteiger charge is 2.37. The summed E-state index contributed by atoms with van der Waals surface area (Å²) in [5, 5.41) is 7.57. The third-order valence-corrected chi connectivity index (χ3v) is 5.51. The molecule has 132 valence electrons. The summed E-state index contributed by atoms with van der Waals surface area (Å²) < 4.78 is 5.19. The number of methoxy groups -OCH3 is 1. The summed E-state index contributed by atoms with van der Waals surface area (Å²) in [7, 11) is 1.68. The SMILES string of the molecule is CCCN1[C@@H]2CCC[C@H]1CC(NC(=S)Nc1ccc(OC)cc1)C2. The van der Waals surface area contributed by atoms with Crippen molar-refractivity contribution >= 4 is 23.0 Å². The fourth-order valence-corrected chi connectivity index (χ4v) is 4.53. The standard InChI is InChI=1S/C19H29N3OS/c1-3-11-22-16-5-4-6-17(22)13-15(12-16)21-19(24)20-14-7-9-18(23-2)10-8-14/h7-10,15-17H,3-6,11-13H2,1-2H3,(H2,20,21,24)/t15?,16-,17+. The Hall–Kier alpha value is -1.33. The van der Waals surface area contributed by atoms with E-state index in [2.05, 4.69) is 22.5 Å². The molecule has 2 N–H and O–H groups in total. The van der Waals surface area contributed by atoms with Crippen LogP contribution in [0, 0.1) is 0 Å². The molecule has 2 bridgehead atoms. The van der Waals surface area contributed by atoms with E-state index < -0.39 is 0 Å². The van der Waals surface area contributed by atoms with Gasteiger partial charge in [-0.3, -0.25) is 4.90 Å². The fraction of sp³-hybridized carbons (Fsp3) is 0.632. The molecule has 0 saturated carbocycles. The lowest BCUT2D eigenvalue weighted by atomic mass is 9.81. The van der Waals surface area contributed by atoms with Gasteiger partial charge in [0.05, 0.1) is 7.11 Å². The van der Waals surface area contributed by atoms with Crippen molar-refractivity contribution < 1.29 is 4.74 Å². The minimum absolute atomic E-state index is 0.492. The Labute approximate surface area is 150 Å². The molecule has 2 aliphatic rings. The second kappa shape index (κ2) is 8.17. The first-order valence-corrected chi connectivity index (χ1v) is 9.57. The first-order chi connectivity index (χ1) is 11.7. The second-order valence-electron chi connectivity index (χ2n) is 6.97. The quantitative estimate of drug-likeness (QED) is 0.793. The molecule has 2 aliphatic heterocycles. The van der Waals surface area contributed by atoms with Crippen molar-refractivity contribution in [3.05, 3.63) is 24.3 Å². The van der Waals surface area contributed by atoms with Gasteiger partial charge in [-0.1, -0.05) is 13.3 Å². The van der Waals surface area contributed by atoms with Gasteiger partial charge in [0.1, 0.15) is 5.75 Å². The van der Waals surface area contributed by atoms with Gasteiger partial charge in [0.15, 0.2) is 5.11 Å². The number of fused-ring (bicyclic) bond motifs is 2. The van der Waals surface area contributed by atoms with E-state index in [9.17, 15) is 0 Å². The summed E-state index contributed by atoms with van der Waals surface area (Å²) in [5.41, 5.74) is 0.997. The average Bonchev–Trinajstić information content (AvgIpc) is 2.56. The molecule has 2 saturated heterocycles. The van der Waals surface area contributed by atoms with Gasteiger partial charge >= 0.3 is 0 Å². The van der Waals surface area contributed by atoms with Crippen LogP contribution in [0.4, 0.5) is 5.69 Å². The summed E-state index contributed by atoms with van der Waals surface area (Å²) in [4.78, 5) is 2.75. The lowest BCUT2D eigenvalue weighted by molar-refractivity contribution is 0.0284. The molecule has 0 radical (unpaired) electrons. The van der Waals surface area contributed by atoms with Crippen molar-refractivity contribution in [2.75, 3.05) is 19.0 Å². The lowest BCUT2D eigenvalue weighted by Crippen LogP contribution is -2.57. The van der Waals surface area contributed by atoms with E-state index in [0.29, 0.717) is 6.04 Å². The van der Waals surface area contributed by atoms with Crippen molar-refractivity contribution in [3.63, 3.8) is 0 Å². The topological polar surface area (TPSA) is 36.5 Å². The Morgan fingerprint density at radius 2 is 1.88 bits per heavy atom. The third-order valence-electron chi connectivity index (χ3n) is 5.29. The normalized spacial score (nSPS) is 26.7. The Morgan fingerprint density at radius 1 is 1.21 bits per heavy atom. The van der Waals surface area contributed by atoms with Crippen LogP contribution >= 0.6 is 12.2 Å². The lowest BCUT2D eigenvalue weighted by Gasteiger charge is -2.49. The van der Waals surface area contributed by atoms with Crippen LogP contribution in [0.2, 0.25) is 0 Å². The molecule has 3 atom stereocenters. The Morgan fingerprint density at radius 3 is 2.46 bits per heavy atom. The van der Waals surface area contributed by atoms with E-state index in [-0.39, 0.29) is 0 Å². The van der Waals surface area contributed by atoms with Crippen molar-refractivity contribution in [1.29, 1.82) is 0 Å². The second-order valence-corrected chi connectivity index (χ2v) is 7.38. The fourth-order valence-electron chi connectivity index (χ4n) is 4.25. The van der Waals surface area contributed by atoms with Crippen LogP contribution in [0.15, 0.2) is 24.3 Å². The molecule has 0 aromatic heterocycles. The number of nitrogens with one attached hydrogen (secondary N) is 2. The molecule has 1 unspecified atom stereocenters. The van der Waals surface area contributed by atoms with Crippen molar-refractivity contribution in [3.8, 4) is 5.75 Å². The number of piperidine rings is 2. The first-order valence-electron chi connectivity index (χ1n) is 9.17. The Balaban J connectivity index is 1.53. The molecule has 0 spiro atoms. The minimum Gasteiger partial charge on any atom is -0.497 e. The molecule has 1 aromatic rings. The average molecular weight is 348 g/mol. The zero-order chi connectivity index (χ0) is 16.9. The molecule has 5 heteroatoms. The summed E-state index contributed by atoms with van der Waals surface area (Å²) >= 11 is 5.52. The number of benzene rings is 1. The highest BCUT2D eigenvalue weighted by molar-refractivity contribution is 7.80. The number of nitrogens with zero attached hydrogens (tertiary/aromatic N) is 1. The van der Waals surface area contributed by atoms with Crippen LogP contribution in [0.25, 0.3) is 0 Å². The van der Waals surface area contributed by atoms with E-state index in [1.807, 2.05) is 24.3 Å². The maximum absolute atomic E-state index is 5.52. The van der Waals surface area contributed by atoms with Gasteiger partial charge in [0.2, 0.25) is 0 Å². The van der Waals surface area contributed by atoms with Crippen molar-refractivity contribution in [2.24, 2.45) is 0 Å². The predicted octanol–water partition coefficient (Wildman–Crippen LogP) is 3.78. The molecule has 0 amide bonds. The van der Waals surface area contributed by atoms with E-state index in [0.717, 1.165) is 28.6 Å². The van der Waals surface area contributed by atoms with Gasteiger partial charge in [0, 0.05) is 23.8 Å². The number of ether oxygens (including phenoxy) is 1. The molecule has 2 fully saturated rings. The van der Waals surface area contributed by atoms with Crippen LogP contribution in [-0.2, 0) is 0 Å². The Bertz CT molecular complexity index is 534. The van der Waals surface area contributed by atoms with Gasteiger partial charge in [0.25, 0.3) is 0 Å². The smallest absolute Gasteiger partial charge is 0.170 e. The zero-order valence-electron chi connectivity index (χ0n) is 14.8. The van der Waals surface area contributed by atoms with Gasteiger partial charge in [-0.25, -0.2) is 0 Å². The molecular formula is C19H29N3OS. The van der Waals surface area contributed by atoms with Crippen molar-refractivity contribution in [1.82, 2.24) is 10.2 Å². The van der Waals surface area contributed by atoms with Crippen LogP contribution in [0.1, 0.15) is 45.4 Å². The first kappa shape index (κ1) is 17.5. The van der Waals surface area contributed by atoms with Gasteiger partial charge in [-0.05, 0) is 75.1 Å². The predicted molar refractivity (Wildman–Crippen MR) is 104 cm³/mol. The summed E-state index contributed by atoms with van der Waals surface area (Å²) in [6.45, 7) is 3.53. The van der Waals surface area contributed by atoms with Gasteiger partial charge in [-0.2, -0.15) is 0 Å². The summed E-state index contributed by atoms with van der Waals surface area (Å²) in [5.74, 6) is 0.857. The van der Waals surface area contributed by atoms with Crippen LogP contribution in [0.3, 0.4) is 0 Å². The number of anilines is 1. The summed E-state index contributed by atoms with van der Waals surface area (Å²) in [6.07, 6.45) is 7.74. The molecule has 24 heavy (non-hydrogen) atoms. The highest BCUT2D eigenvalue weighted by atomic mass is 32.1. The number of hydrogen-bond acceptors (Lipinski definition) is 3. The number of rotatable bonds is 5. The van der Waals surface area contributed by atoms with Crippen LogP contribution < -0.4 is 15.4 Å². The number of hydrogen-bond donors (Lipinski definition) is 2. The van der Waals surface area contributed by atoms with Gasteiger partial charge in [-0.15, -0.1) is 0 Å². The van der Waals surface area contributed by atoms with E-state index >= 15 is 0 Å². The summed E-state index contributed by atoms with van der Waals surface area (Å²) in [6, 6.07) is 9.83. The van der Waals surface area contributed by atoms with E-state index in [4.69, 9.17) is 17.0 Å².